The lowest BCUT2D eigenvalue weighted by Gasteiger charge is -2.23. The first-order valence-electron chi connectivity index (χ1n) is 9.74. The molecule has 0 radical (unpaired) electrons. The van der Waals surface area contributed by atoms with Crippen LogP contribution in [0, 0.1) is 5.92 Å². The largest absolute Gasteiger partial charge is 0.392 e. The van der Waals surface area contributed by atoms with Gasteiger partial charge in [-0.1, -0.05) is 6.92 Å². The van der Waals surface area contributed by atoms with Crippen LogP contribution in [0.1, 0.15) is 36.5 Å². The van der Waals surface area contributed by atoms with Crippen LogP contribution in [0.25, 0.3) is 10.2 Å². The summed E-state index contributed by atoms with van der Waals surface area (Å²) in [6.07, 6.45) is 3.09. The number of nitrogens with zero attached hydrogens (tertiary/aromatic N) is 2. The summed E-state index contributed by atoms with van der Waals surface area (Å²) in [5, 5.41) is 14.3. The Balaban J connectivity index is 1.69. The Bertz CT molecular complexity index is 770. The molecule has 0 bridgehead atoms. The number of ether oxygens (including phenoxy) is 1. The summed E-state index contributed by atoms with van der Waals surface area (Å²) in [6, 6.07) is 0. The summed E-state index contributed by atoms with van der Waals surface area (Å²) in [4.78, 5) is 13.9. The van der Waals surface area contributed by atoms with E-state index < -0.39 is 6.10 Å². The molecular formula is C19H29N4O2S+. The van der Waals surface area contributed by atoms with Crippen molar-refractivity contribution in [2.75, 3.05) is 38.2 Å². The fourth-order valence-electron chi connectivity index (χ4n) is 3.90. The predicted octanol–water partition coefficient (Wildman–Crippen LogP) is 1.02. The molecule has 3 heterocycles. The van der Waals surface area contributed by atoms with Crippen molar-refractivity contribution in [3.05, 3.63) is 16.3 Å². The first-order valence-corrected chi connectivity index (χ1v) is 10.6. The van der Waals surface area contributed by atoms with E-state index in [-0.39, 0.29) is 0 Å². The number of anilines is 1. The molecule has 0 saturated carbocycles. The Morgan fingerprint density at radius 1 is 1.35 bits per heavy atom. The van der Waals surface area contributed by atoms with Crippen molar-refractivity contribution in [3.8, 4) is 0 Å². The molecule has 1 fully saturated rings. The number of aryl methyl sites for hydroxylation is 1. The minimum absolute atomic E-state index is 0.400. The second-order valence-electron chi connectivity index (χ2n) is 7.79. The van der Waals surface area contributed by atoms with Crippen LogP contribution >= 0.6 is 11.3 Å². The zero-order valence-electron chi connectivity index (χ0n) is 15.7. The second-order valence-corrected chi connectivity index (χ2v) is 8.87. The Morgan fingerprint density at radius 3 is 2.92 bits per heavy atom. The van der Waals surface area contributed by atoms with Gasteiger partial charge in [0.05, 0.1) is 24.7 Å². The fraction of sp³-hybridized carbons (Fsp3) is 0.684. The van der Waals surface area contributed by atoms with Gasteiger partial charge in [-0.25, -0.2) is 9.97 Å². The molecule has 1 aliphatic heterocycles. The normalized spacial score (nSPS) is 22.3. The highest BCUT2D eigenvalue weighted by Crippen LogP contribution is 2.39. The van der Waals surface area contributed by atoms with Gasteiger partial charge < -0.3 is 20.1 Å². The molecule has 2 aromatic heterocycles. The summed E-state index contributed by atoms with van der Waals surface area (Å²) in [7, 11) is 0. The molecule has 1 aliphatic carbocycles. The fourth-order valence-corrected chi connectivity index (χ4v) is 5.30. The molecule has 1 saturated heterocycles. The van der Waals surface area contributed by atoms with Crippen LogP contribution in [-0.4, -0.2) is 54.0 Å². The number of nitrogens with one attached hydrogen (secondary N) is 2. The van der Waals surface area contributed by atoms with Crippen LogP contribution in [0.15, 0.2) is 0 Å². The molecule has 0 amide bonds. The summed E-state index contributed by atoms with van der Waals surface area (Å²) in [5.74, 6) is 2.55. The van der Waals surface area contributed by atoms with Gasteiger partial charge in [-0.15, -0.1) is 11.3 Å². The Hall–Kier alpha value is -1.28. The molecule has 142 valence electrons. The Labute approximate surface area is 158 Å². The third-order valence-electron chi connectivity index (χ3n) is 5.37. The molecule has 0 aromatic carbocycles. The van der Waals surface area contributed by atoms with Crippen LogP contribution in [-0.2, 0) is 24.1 Å². The molecule has 26 heavy (non-hydrogen) atoms. The van der Waals surface area contributed by atoms with Gasteiger partial charge >= 0.3 is 0 Å². The van der Waals surface area contributed by atoms with E-state index in [9.17, 15) is 5.11 Å². The van der Waals surface area contributed by atoms with E-state index in [1.54, 1.807) is 6.92 Å². The minimum atomic E-state index is -0.400. The first kappa shape index (κ1) is 18.1. The van der Waals surface area contributed by atoms with Gasteiger partial charge in [0.2, 0.25) is 0 Å². The molecular weight excluding hydrogens is 348 g/mol. The zero-order valence-corrected chi connectivity index (χ0v) is 16.5. The van der Waals surface area contributed by atoms with E-state index in [1.165, 1.54) is 27.1 Å². The molecule has 3 N–H and O–H groups in total. The molecule has 2 aliphatic rings. The summed E-state index contributed by atoms with van der Waals surface area (Å²) in [5.41, 5.74) is 1.43. The van der Waals surface area contributed by atoms with Crippen molar-refractivity contribution in [2.45, 2.75) is 45.8 Å². The zero-order chi connectivity index (χ0) is 18.1. The number of fused-ring (bicyclic) bond motifs is 3. The SMILES string of the molecule is C[C@@H]1CCc2c(sc3nc(C[NH+]4CCOCC4)nc(NC[C@@H](C)O)c23)C1. The average Bonchev–Trinajstić information content (AvgIpc) is 2.97. The average molecular weight is 378 g/mol. The van der Waals surface area contributed by atoms with E-state index in [1.807, 2.05) is 11.3 Å². The standard InChI is InChI=1S/C19H28N4O2S/c1-12-3-4-14-15(9-12)26-19-17(14)18(20-10-13(2)24)21-16(22-19)11-23-5-7-25-8-6-23/h12-13,24H,3-11H2,1-2H3,(H,20,21,22)/p+1/t12-,13-/m1/s1. The highest BCUT2D eigenvalue weighted by atomic mass is 32.1. The highest BCUT2D eigenvalue weighted by molar-refractivity contribution is 7.19. The third kappa shape index (κ3) is 3.86. The molecule has 0 spiro atoms. The predicted molar refractivity (Wildman–Crippen MR) is 104 cm³/mol. The maximum Gasteiger partial charge on any atom is 0.187 e. The summed E-state index contributed by atoms with van der Waals surface area (Å²) in [6.45, 7) is 9.13. The lowest BCUT2D eigenvalue weighted by Crippen LogP contribution is -3.12. The van der Waals surface area contributed by atoms with Crippen molar-refractivity contribution >= 4 is 27.4 Å². The number of rotatable bonds is 5. The van der Waals surface area contributed by atoms with Crippen LogP contribution in [0.5, 0.6) is 0 Å². The van der Waals surface area contributed by atoms with E-state index in [0.717, 1.165) is 68.1 Å². The number of aliphatic hydroxyl groups is 1. The molecule has 6 nitrogen and oxygen atoms in total. The van der Waals surface area contributed by atoms with Gasteiger partial charge in [-0.05, 0) is 37.7 Å². The number of hydrogen-bond acceptors (Lipinski definition) is 6. The maximum absolute atomic E-state index is 9.72. The Kier molecular flexibility index (Phi) is 5.40. The molecule has 2 aromatic rings. The number of aliphatic hydroxyl groups excluding tert-OH is 1. The molecule has 2 atom stereocenters. The van der Waals surface area contributed by atoms with Gasteiger partial charge in [0, 0.05) is 11.4 Å². The van der Waals surface area contributed by atoms with E-state index in [2.05, 4.69) is 12.2 Å². The molecule has 4 rings (SSSR count). The number of thiophene rings is 1. The Morgan fingerprint density at radius 2 is 2.15 bits per heavy atom. The minimum Gasteiger partial charge on any atom is -0.392 e. The second kappa shape index (κ2) is 7.76. The van der Waals surface area contributed by atoms with Gasteiger partial charge in [0.1, 0.15) is 30.3 Å². The molecule has 7 heteroatoms. The van der Waals surface area contributed by atoms with Crippen molar-refractivity contribution in [2.24, 2.45) is 5.92 Å². The smallest absolute Gasteiger partial charge is 0.187 e. The third-order valence-corrected chi connectivity index (χ3v) is 6.52. The van der Waals surface area contributed by atoms with Crippen molar-refractivity contribution in [3.63, 3.8) is 0 Å². The van der Waals surface area contributed by atoms with Crippen molar-refractivity contribution < 1.29 is 14.7 Å². The lowest BCUT2D eigenvalue weighted by atomic mass is 9.89. The van der Waals surface area contributed by atoms with Gasteiger partial charge in [0.25, 0.3) is 0 Å². The van der Waals surface area contributed by atoms with E-state index in [4.69, 9.17) is 14.7 Å². The summed E-state index contributed by atoms with van der Waals surface area (Å²) < 4.78 is 5.46. The van der Waals surface area contributed by atoms with Gasteiger partial charge in [-0.3, -0.25) is 0 Å². The van der Waals surface area contributed by atoms with Crippen molar-refractivity contribution in [1.29, 1.82) is 0 Å². The van der Waals surface area contributed by atoms with Crippen molar-refractivity contribution in [1.82, 2.24) is 9.97 Å². The van der Waals surface area contributed by atoms with Crippen LogP contribution in [0.4, 0.5) is 5.82 Å². The van der Waals surface area contributed by atoms with E-state index in [0.29, 0.717) is 6.54 Å². The number of aromatic nitrogens is 2. The number of hydrogen-bond donors (Lipinski definition) is 3. The van der Waals surface area contributed by atoms with Crippen LogP contribution in [0.3, 0.4) is 0 Å². The lowest BCUT2D eigenvalue weighted by molar-refractivity contribution is -0.922. The highest BCUT2D eigenvalue weighted by Gasteiger charge is 2.25. The summed E-state index contributed by atoms with van der Waals surface area (Å²) >= 11 is 1.84. The molecule has 0 unspecified atom stereocenters. The van der Waals surface area contributed by atoms with Gasteiger partial charge in [0.15, 0.2) is 5.82 Å². The first-order chi connectivity index (χ1) is 12.6. The van der Waals surface area contributed by atoms with Crippen LogP contribution < -0.4 is 10.2 Å². The van der Waals surface area contributed by atoms with E-state index >= 15 is 0 Å². The number of quaternary nitrogens is 1. The quantitative estimate of drug-likeness (QED) is 0.726. The topological polar surface area (TPSA) is 71.7 Å². The van der Waals surface area contributed by atoms with Crippen LogP contribution in [0.2, 0.25) is 0 Å². The number of morpholine rings is 1. The maximum atomic E-state index is 9.72. The van der Waals surface area contributed by atoms with Gasteiger partial charge in [-0.2, -0.15) is 0 Å². The monoisotopic (exact) mass is 377 g/mol.